The largest absolute Gasteiger partial charge is 0.400 e. The standard InChI is InChI=1S/C21H28N8OS.C2H6.C2H4/c22-10-16-17(11-25-12-18(16)23)19-26-20(29-5-7-30-8-6-29)15-9-14(31-21(15)27-19)13-28-3-1-24-2-4-28;2*1-2/h9-11,22,24-25H,1-8,12-13,23H2;1-2H3;1-2H2. The van der Waals surface area contributed by atoms with Gasteiger partial charge >= 0.3 is 0 Å². The van der Waals surface area contributed by atoms with Crippen molar-refractivity contribution in [3.05, 3.63) is 47.4 Å². The van der Waals surface area contributed by atoms with Gasteiger partial charge in [-0.25, -0.2) is 9.97 Å². The topological polar surface area (TPSA) is 115 Å². The zero-order chi connectivity index (χ0) is 25.2. The minimum absolute atomic E-state index is 0.528. The minimum atomic E-state index is 0.528. The molecule has 190 valence electrons. The van der Waals surface area contributed by atoms with Crippen molar-refractivity contribution in [2.75, 3.05) is 63.9 Å². The van der Waals surface area contributed by atoms with Crippen molar-refractivity contribution < 1.29 is 4.74 Å². The summed E-state index contributed by atoms with van der Waals surface area (Å²) in [5, 5.41) is 15.5. The molecule has 5 rings (SSSR count). The van der Waals surface area contributed by atoms with Crippen molar-refractivity contribution in [1.29, 1.82) is 5.41 Å². The smallest absolute Gasteiger partial charge is 0.165 e. The van der Waals surface area contributed by atoms with E-state index < -0.39 is 0 Å². The van der Waals surface area contributed by atoms with Crippen LogP contribution in [0.1, 0.15) is 24.5 Å². The van der Waals surface area contributed by atoms with Crippen molar-refractivity contribution in [3.8, 4) is 0 Å². The van der Waals surface area contributed by atoms with Crippen LogP contribution in [0.5, 0.6) is 0 Å². The van der Waals surface area contributed by atoms with Crippen LogP contribution in [0, 0.1) is 5.41 Å². The van der Waals surface area contributed by atoms with Crippen LogP contribution >= 0.6 is 11.3 Å². The Hall–Kier alpha value is -2.79. The van der Waals surface area contributed by atoms with E-state index in [1.807, 2.05) is 20.0 Å². The summed E-state index contributed by atoms with van der Waals surface area (Å²) in [4.78, 5) is 16.9. The molecular formula is C25H38N8OS. The first-order chi connectivity index (χ1) is 17.2. The van der Waals surface area contributed by atoms with Crippen LogP contribution in [-0.4, -0.2) is 80.1 Å². The highest BCUT2D eigenvalue weighted by molar-refractivity contribution is 7.18. The van der Waals surface area contributed by atoms with E-state index >= 15 is 0 Å². The van der Waals surface area contributed by atoms with E-state index in [1.54, 1.807) is 11.3 Å². The Morgan fingerprint density at radius 1 is 1.17 bits per heavy atom. The third-order valence-corrected chi connectivity index (χ3v) is 6.90. The summed E-state index contributed by atoms with van der Waals surface area (Å²) < 4.78 is 5.56. The van der Waals surface area contributed by atoms with E-state index in [9.17, 15) is 0 Å². The van der Waals surface area contributed by atoms with Gasteiger partial charge in [0.15, 0.2) is 5.82 Å². The molecule has 2 aromatic rings. The molecule has 0 amide bonds. The van der Waals surface area contributed by atoms with Gasteiger partial charge in [0.2, 0.25) is 0 Å². The van der Waals surface area contributed by atoms with Crippen LogP contribution < -0.4 is 21.3 Å². The summed E-state index contributed by atoms with van der Waals surface area (Å²) in [6.45, 7) is 18.7. The molecule has 0 aliphatic carbocycles. The summed E-state index contributed by atoms with van der Waals surface area (Å²) >= 11 is 1.73. The molecule has 9 nitrogen and oxygen atoms in total. The number of rotatable bonds is 5. The lowest BCUT2D eigenvalue weighted by Gasteiger charge is -2.29. The fraction of sp³-hybridized carbons (Fsp3) is 0.480. The van der Waals surface area contributed by atoms with Gasteiger partial charge < -0.3 is 31.4 Å². The number of hydrogen-bond donors (Lipinski definition) is 4. The van der Waals surface area contributed by atoms with Crippen molar-refractivity contribution in [2.45, 2.75) is 20.4 Å². The number of piperazine rings is 1. The summed E-state index contributed by atoms with van der Waals surface area (Å²) in [6, 6.07) is 2.26. The lowest BCUT2D eigenvalue weighted by atomic mass is 10.0. The van der Waals surface area contributed by atoms with Gasteiger partial charge in [-0.15, -0.1) is 24.5 Å². The zero-order valence-corrected chi connectivity index (χ0v) is 21.7. The van der Waals surface area contributed by atoms with Crippen LogP contribution in [0.3, 0.4) is 0 Å². The van der Waals surface area contributed by atoms with E-state index in [1.165, 1.54) is 11.1 Å². The number of dihydropyridines is 1. The maximum Gasteiger partial charge on any atom is 0.165 e. The van der Waals surface area contributed by atoms with Crippen LogP contribution in [0.15, 0.2) is 36.7 Å². The van der Waals surface area contributed by atoms with Gasteiger partial charge in [-0.1, -0.05) is 13.8 Å². The van der Waals surface area contributed by atoms with E-state index in [2.05, 4.69) is 39.7 Å². The molecule has 0 bridgehead atoms. The Kier molecular flexibility index (Phi) is 10.2. The number of nitrogens with two attached hydrogens (primary N) is 1. The molecule has 10 heteroatoms. The number of morpholine rings is 1. The quantitative estimate of drug-likeness (QED) is 0.367. The molecular weight excluding hydrogens is 460 g/mol. The van der Waals surface area contributed by atoms with Gasteiger partial charge in [-0.2, -0.15) is 0 Å². The monoisotopic (exact) mass is 498 g/mol. The normalized spacial score (nSPS) is 18.6. The third kappa shape index (κ3) is 6.26. The number of thiophene rings is 1. The number of ether oxygens (including phenoxy) is 1. The van der Waals surface area contributed by atoms with E-state index in [0.29, 0.717) is 36.9 Å². The van der Waals surface area contributed by atoms with E-state index in [-0.39, 0.29) is 0 Å². The Morgan fingerprint density at radius 3 is 2.57 bits per heavy atom. The van der Waals surface area contributed by atoms with Crippen molar-refractivity contribution in [3.63, 3.8) is 0 Å². The molecule has 5 N–H and O–H groups in total. The molecule has 35 heavy (non-hydrogen) atoms. The molecule has 0 aromatic carbocycles. The lowest BCUT2D eigenvalue weighted by molar-refractivity contribution is 0.122. The predicted molar refractivity (Wildman–Crippen MR) is 147 cm³/mol. The Morgan fingerprint density at radius 2 is 1.89 bits per heavy atom. The molecule has 2 aromatic heterocycles. The van der Waals surface area contributed by atoms with Crippen molar-refractivity contribution in [2.24, 2.45) is 5.73 Å². The number of hydrogen-bond acceptors (Lipinski definition) is 10. The number of allylic oxidation sites excluding steroid dienone is 2. The molecule has 0 saturated carbocycles. The fourth-order valence-electron chi connectivity index (χ4n) is 4.22. The van der Waals surface area contributed by atoms with Crippen molar-refractivity contribution >= 4 is 39.2 Å². The molecule has 0 radical (unpaired) electrons. The first-order valence-electron chi connectivity index (χ1n) is 12.2. The average Bonchev–Trinajstić information content (AvgIpc) is 3.33. The Labute approximate surface area is 212 Å². The molecule has 0 spiro atoms. The molecule has 0 atom stereocenters. The van der Waals surface area contributed by atoms with Crippen molar-refractivity contribution in [1.82, 2.24) is 25.5 Å². The van der Waals surface area contributed by atoms with Gasteiger partial charge in [0.25, 0.3) is 0 Å². The molecule has 3 aliphatic rings. The molecule has 5 heterocycles. The maximum atomic E-state index is 7.85. The van der Waals surface area contributed by atoms with Gasteiger partial charge in [0.1, 0.15) is 10.6 Å². The van der Waals surface area contributed by atoms with Gasteiger partial charge in [-0.3, -0.25) is 4.90 Å². The fourth-order valence-corrected chi connectivity index (χ4v) is 5.29. The SMILES string of the molecule is C=C.CC.N=CC1=C(N)CNC=C1c1nc(N2CCOCC2)c2cc(CN3CCNCC3)sc2n1. The van der Waals surface area contributed by atoms with Gasteiger partial charge in [-0.05, 0) is 6.07 Å². The highest BCUT2D eigenvalue weighted by Crippen LogP contribution is 2.34. The molecule has 0 unspecified atom stereocenters. The zero-order valence-electron chi connectivity index (χ0n) is 20.9. The van der Waals surface area contributed by atoms with Gasteiger partial charge in [0, 0.05) is 79.9 Å². The maximum absolute atomic E-state index is 7.85. The average molecular weight is 499 g/mol. The first-order valence-corrected chi connectivity index (χ1v) is 13.0. The highest BCUT2D eigenvalue weighted by atomic mass is 32.1. The third-order valence-electron chi connectivity index (χ3n) is 5.88. The van der Waals surface area contributed by atoms with E-state index in [0.717, 1.165) is 67.4 Å². The number of fused-ring (bicyclic) bond motifs is 1. The number of nitrogens with one attached hydrogen (secondary N) is 3. The van der Waals surface area contributed by atoms with E-state index in [4.69, 9.17) is 25.8 Å². The summed E-state index contributed by atoms with van der Waals surface area (Å²) in [6.07, 6.45) is 3.17. The summed E-state index contributed by atoms with van der Waals surface area (Å²) in [5.74, 6) is 1.55. The second-order valence-corrected chi connectivity index (χ2v) is 9.07. The second-order valence-electron chi connectivity index (χ2n) is 7.95. The summed E-state index contributed by atoms with van der Waals surface area (Å²) in [7, 11) is 0. The Bertz CT molecular complexity index is 1050. The second kappa shape index (κ2) is 13.3. The number of aromatic nitrogens is 2. The molecule has 3 aliphatic heterocycles. The minimum Gasteiger partial charge on any atom is -0.400 e. The van der Waals surface area contributed by atoms with Gasteiger partial charge in [0.05, 0.1) is 25.1 Å². The lowest BCUT2D eigenvalue weighted by Crippen LogP contribution is -2.42. The number of nitrogens with zero attached hydrogens (tertiary/aromatic N) is 4. The van der Waals surface area contributed by atoms with Crippen LogP contribution in [0.25, 0.3) is 15.8 Å². The molecule has 2 fully saturated rings. The highest BCUT2D eigenvalue weighted by Gasteiger charge is 2.23. The van der Waals surface area contributed by atoms with Crippen LogP contribution in [-0.2, 0) is 11.3 Å². The summed E-state index contributed by atoms with van der Waals surface area (Å²) in [5.41, 5.74) is 8.24. The van der Waals surface area contributed by atoms with Crippen LogP contribution in [0.4, 0.5) is 5.82 Å². The molecule has 2 saturated heterocycles. The number of anilines is 1. The van der Waals surface area contributed by atoms with Crippen LogP contribution in [0.2, 0.25) is 0 Å². The first kappa shape index (κ1) is 26.8. The predicted octanol–water partition coefficient (Wildman–Crippen LogP) is 2.57. The Balaban J connectivity index is 0.000000815.